The molecule has 2 atom stereocenters. The fraction of sp³-hybridized carbons (Fsp3) is 0.909. The topological polar surface area (TPSA) is 139 Å². The molecule has 2 amide bonds. The molecular weight excluding hydrogens is 483 g/mol. The van der Waals surface area contributed by atoms with Gasteiger partial charge in [-0.1, -0.05) is 78.1 Å². The number of hydrogen-bond donors (Lipinski definition) is 4. The third-order valence-electron chi connectivity index (χ3n) is 4.69. The van der Waals surface area contributed by atoms with Crippen LogP contribution in [0.3, 0.4) is 0 Å². The Hall–Kier alpha value is 0.104. The minimum atomic E-state index is -0.514. The van der Waals surface area contributed by atoms with Crippen molar-refractivity contribution in [3.63, 3.8) is 0 Å². The van der Waals surface area contributed by atoms with Crippen molar-refractivity contribution in [1.82, 2.24) is 10.6 Å². The Morgan fingerprint density at radius 2 is 0.938 bits per heavy atom. The average molecular weight is 530 g/mol. The zero-order valence-electron chi connectivity index (χ0n) is 20.1. The van der Waals surface area contributed by atoms with Crippen LogP contribution in [0, 0.1) is 0 Å². The number of carbonyl (C=O) groups excluding carboxylic acids is 2. The number of unbranched alkanes of at least 4 members (excludes halogenated alkanes) is 10. The molecule has 0 spiro atoms. The van der Waals surface area contributed by atoms with Gasteiger partial charge in [0, 0.05) is 31.6 Å². The molecule has 0 fully saturated rings. The normalized spacial score (nSPS) is 11.7. The van der Waals surface area contributed by atoms with Crippen LogP contribution in [-0.2, 0) is 58.9 Å². The molecule has 0 unspecified atom stereocenters. The molecule has 0 bridgehead atoms. The van der Waals surface area contributed by atoms with Gasteiger partial charge in [0.2, 0.25) is 11.8 Å². The Morgan fingerprint density at radius 1 is 0.656 bits per heavy atom. The van der Waals surface area contributed by atoms with Gasteiger partial charge in [0.15, 0.2) is 0 Å². The van der Waals surface area contributed by atoms with Crippen molar-refractivity contribution >= 4 is 37.1 Å². The summed E-state index contributed by atoms with van der Waals surface area (Å²) in [6.07, 6.45) is 14.7. The summed E-state index contributed by atoms with van der Waals surface area (Å²) >= 11 is 9.43. The maximum absolute atomic E-state index is 11.2. The SMILES string of the molecule is CCCCCCCCNC(=O)[C@@H](N)C[S-].CCCCCCCCNC(=O)[C@@H](N)C[S-].[O-2].[V]. The van der Waals surface area contributed by atoms with Crippen LogP contribution in [0.2, 0.25) is 0 Å². The third-order valence-corrected chi connectivity index (χ3v) is 5.41. The first kappa shape index (κ1) is 39.3. The van der Waals surface area contributed by atoms with Crippen molar-refractivity contribution < 1.29 is 33.6 Å². The van der Waals surface area contributed by atoms with Crippen LogP contribution in [0.15, 0.2) is 0 Å². The first-order valence-electron chi connectivity index (χ1n) is 11.7. The number of rotatable bonds is 18. The molecule has 7 nitrogen and oxygen atoms in total. The molecule has 193 valence electrons. The molecule has 0 heterocycles. The minimum absolute atomic E-state index is 0. The Balaban J connectivity index is -0.000000231. The van der Waals surface area contributed by atoms with Gasteiger partial charge in [-0.2, -0.15) is 11.5 Å². The van der Waals surface area contributed by atoms with Gasteiger partial charge in [-0.25, -0.2) is 0 Å². The first-order chi connectivity index (χ1) is 14.4. The summed E-state index contributed by atoms with van der Waals surface area (Å²) in [6, 6.07) is -1.03. The average Bonchev–Trinajstić information content (AvgIpc) is 2.76. The summed E-state index contributed by atoms with van der Waals surface area (Å²) in [4.78, 5) is 22.4. The number of nitrogens with two attached hydrogens (primary N) is 2. The molecule has 6 N–H and O–H groups in total. The van der Waals surface area contributed by atoms with Gasteiger partial charge in [0.25, 0.3) is 0 Å². The van der Waals surface area contributed by atoms with Gasteiger partial charge in [0.05, 0.1) is 12.1 Å². The van der Waals surface area contributed by atoms with Crippen LogP contribution in [0.25, 0.3) is 0 Å². The first-order valence-corrected chi connectivity index (χ1v) is 12.8. The molecule has 0 saturated carbocycles. The van der Waals surface area contributed by atoms with E-state index in [0.29, 0.717) is 11.5 Å². The molecular formula is C22H46N4O3S2V-4. The Labute approximate surface area is 219 Å². The van der Waals surface area contributed by atoms with Crippen molar-refractivity contribution in [2.24, 2.45) is 11.5 Å². The Kier molecular flexibility index (Phi) is 38.2. The molecule has 0 aliphatic carbocycles. The van der Waals surface area contributed by atoms with E-state index >= 15 is 0 Å². The smallest absolute Gasteiger partial charge is 0.234 e. The molecule has 0 aromatic heterocycles. The fourth-order valence-corrected chi connectivity index (χ4v) is 2.95. The van der Waals surface area contributed by atoms with Gasteiger partial charge in [-0.05, 0) is 12.8 Å². The molecule has 0 saturated heterocycles. The number of nitrogens with one attached hydrogen (secondary N) is 2. The Bertz CT molecular complexity index is 375. The predicted molar refractivity (Wildman–Crippen MR) is 134 cm³/mol. The van der Waals surface area contributed by atoms with E-state index in [2.05, 4.69) is 24.5 Å². The van der Waals surface area contributed by atoms with E-state index in [9.17, 15) is 9.59 Å². The van der Waals surface area contributed by atoms with Crippen molar-refractivity contribution in [3.8, 4) is 0 Å². The summed E-state index contributed by atoms with van der Waals surface area (Å²) in [5.74, 6) is 0.363. The molecule has 0 aromatic carbocycles. The summed E-state index contributed by atoms with van der Waals surface area (Å²) in [5, 5.41) is 5.59. The Morgan fingerprint density at radius 3 is 1.22 bits per heavy atom. The summed E-state index contributed by atoms with van der Waals surface area (Å²) < 4.78 is 0. The summed E-state index contributed by atoms with van der Waals surface area (Å²) in [7, 11) is 0. The molecule has 0 aromatic rings. The maximum Gasteiger partial charge on any atom is 0.234 e. The van der Waals surface area contributed by atoms with Gasteiger partial charge in [-0.3, -0.25) is 9.59 Å². The molecule has 0 rings (SSSR count). The van der Waals surface area contributed by atoms with Crippen LogP contribution in [-0.4, -0.2) is 48.5 Å². The van der Waals surface area contributed by atoms with Crippen molar-refractivity contribution in [3.05, 3.63) is 0 Å². The molecule has 10 heteroatoms. The summed E-state index contributed by atoms with van der Waals surface area (Å²) in [5.41, 5.74) is 11.0. The number of amides is 2. The number of hydrogen-bond acceptors (Lipinski definition) is 6. The van der Waals surface area contributed by atoms with Crippen LogP contribution >= 0.6 is 0 Å². The van der Waals surface area contributed by atoms with Crippen LogP contribution in [0.1, 0.15) is 90.9 Å². The standard InChI is InChI=1S/2C11H24N2OS.O.V/c2*1-2-3-4-5-6-7-8-13-11(14)10(12)9-15;;/h2*10,15H,2-9,12H2,1H3,(H,13,14);;/q;;-2;/p-2/t2*10-;;/m00../s1. The third kappa shape index (κ3) is 28.1. The molecule has 32 heavy (non-hydrogen) atoms. The summed E-state index contributed by atoms with van der Waals surface area (Å²) in [6.45, 7) is 5.87. The number of carbonyl (C=O) groups is 2. The zero-order valence-corrected chi connectivity index (χ0v) is 23.1. The van der Waals surface area contributed by atoms with E-state index in [-0.39, 0.29) is 35.8 Å². The van der Waals surface area contributed by atoms with Gasteiger partial charge < -0.3 is 52.8 Å². The van der Waals surface area contributed by atoms with Gasteiger partial charge >= 0.3 is 0 Å². The molecule has 0 aliphatic heterocycles. The van der Waals surface area contributed by atoms with E-state index in [1.54, 1.807) is 0 Å². The largest absolute Gasteiger partial charge is 2.00 e. The van der Waals surface area contributed by atoms with Crippen LogP contribution in [0.4, 0.5) is 0 Å². The van der Waals surface area contributed by atoms with Crippen molar-refractivity contribution in [2.45, 2.75) is 103 Å². The van der Waals surface area contributed by atoms with E-state index in [1.807, 2.05) is 0 Å². The van der Waals surface area contributed by atoms with Crippen LogP contribution < -0.4 is 22.1 Å². The van der Waals surface area contributed by atoms with E-state index < -0.39 is 12.1 Å². The van der Waals surface area contributed by atoms with E-state index in [0.717, 1.165) is 25.9 Å². The van der Waals surface area contributed by atoms with E-state index in [4.69, 9.17) is 36.7 Å². The fourth-order valence-electron chi connectivity index (χ4n) is 2.65. The van der Waals surface area contributed by atoms with Crippen LogP contribution in [0.5, 0.6) is 0 Å². The quantitative estimate of drug-likeness (QED) is 0.159. The minimum Gasteiger partial charge on any atom is -2.00 e. The predicted octanol–water partition coefficient (Wildman–Crippen LogP) is 2.55. The zero-order chi connectivity index (χ0) is 23.0. The second kappa shape index (κ2) is 31.1. The molecule has 1 radical (unpaired) electrons. The van der Waals surface area contributed by atoms with Crippen molar-refractivity contribution in [1.29, 1.82) is 0 Å². The molecule has 0 aliphatic rings. The van der Waals surface area contributed by atoms with Gasteiger partial charge in [0.1, 0.15) is 0 Å². The van der Waals surface area contributed by atoms with Gasteiger partial charge in [-0.15, -0.1) is 0 Å². The second-order valence-electron chi connectivity index (χ2n) is 7.66. The van der Waals surface area contributed by atoms with Crippen molar-refractivity contribution in [2.75, 3.05) is 24.6 Å². The van der Waals surface area contributed by atoms with E-state index in [1.165, 1.54) is 64.2 Å². The maximum atomic E-state index is 11.2. The second-order valence-corrected chi connectivity index (χ2v) is 8.33. The monoisotopic (exact) mass is 529 g/mol.